The van der Waals surface area contributed by atoms with Crippen molar-refractivity contribution in [3.05, 3.63) is 48.1 Å². The number of hydrogen-bond donors (Lipinski definition) is 2. The highest BCUT2D eigenvalue weighted by atomic mass is 16.7. The largest absolute Gasteiger partial charge is 0.507 e. The summed E-state index contributed by atoms with van der Waals surface area (Å²) >= 11 is 0. The van der Waals surface area contributed by atoms with Gasteiger partial charge in [-0.15, -0.1) is 0 Å². The predicted molar refractivity (Wildman–Crippen MR) is 75.8 cm³/mol. The molecule has 0 radical (unpaired) electrons. The van der Waals surface area contributed by atoms with Crippen molar-refractivity contribution in [1.82, 2.24) is 0 Å². The second-order valence-electron chi connectivity index (χ2n) is 4.79. The normalized spacial score (nSPS) is 19.3. The molecule has 21 heavy (non-hydrogen) atoms. The summed E-state index contributed by atoms with van der Waals surface area (Å²) in [6, 6.07) is 1.27. The maximum atomic E-state index is 12.2. The van der Waals surface area contributed by atoms with Crippen molar-refractivity contribution in [2.75, 3.05) is 6.79 Å². The molecule has 1 aromatic rings. The first-order valence-corrected chi connectivity index (χ1v) is 6.57. The molecule has 1 atom stereocenters. The monoisotopic (exact) mass is 286 g/mol. The molecular weight excluding hydrogens is 272 g/mol. The number of allylic oxidation sites excluding steroid dienone is 6. The topological polar surface area (TPSA) is 76.0 Å². The fourth-order valence-corrected chi connectivity index (χ4v) is 2.29. The van der Waals surface area contributed by atoms with E-state index in [1.54, 1.807) is 6.08 Å². The van der Waals surface area contributed by atoms with E-state index < -0.39 is 11.5 Å². The molecule has 0 fully saturated rings. The zero-order valence-corrected chi connectivity index (χ0v) is 11.2. The third-order valence-corrected chi connectivity index (χ3v) is 3.37. The Labute approximate surface area is 121 Å². The van der Waals surface area contributed by atoms with Gasteiger partial charge < -0.3 is 19.7 Å². The van der Waals surface area contributed by atoms with E-state index in [4.69, 9.17) is 9.47 Å². The lowest BCUT2D eigenvalue weighted by molar-refractivity contribution is 0.104. The molecule has 0 aromatic heterocycles. The quantitative estimate of drug-likeness (QED) is 0.660. The van der Waals surface area contributed by atoms with Crippen molar-refractivity contribution in [3.8, 4) is 23.0 Å². The van der Waals surface area contributed by atoms with Crippen LogP contribution in [0, 0.1) is 5.92 Å². The number of fused-ring (bicyclic) bond motifs is 1. The molecule has 3 rings (SSSR count). The van der Waals surface area contributed by atoms with Gasteiger partial charge in [-0.1, -0.05) is 30.4 Å². The van der Waals surface area contributed by atoms with Gasteiger partial charge in [-0.3, -0.25) is 4.79 Å². The first-order valence-electron chi connectivity index (χ1n) is 6.57. The molecular formula is C16H14O5. The molecule has 5 heteroatoms. The molecule has 1 heterocycles. The third-order valence-electron chi connectivity index (χ3n) is 3.37. The summed E-state index contributed by atoms with van der Waals surface area (Å²) in [4.78, 5) is 12.2. The molecule has 5 nitrogen and oxygen atoms in total. The number of ketones is 1. The molecule has 2 aliphatic rings. The number of benzene rings is 1. The summed E-state index contributed by atoms with van der Waals surface area (Å²) in [6.07, 6.45) is 11.8. The zero-order valence-electron chi connectivity index (χ0n) is 11.2. The minimum absolute atomic E-state index is 0.0466. The van der Waals surface area contributed by atoms with Gasteiger partial charge in [0, 0.05) is 6.07 Å². The van der Waals surface area contributed by atoms with Crippen molar-refractivity contribution in [3.63, 3.8) is 0 Å². The van der Waals surface area contributed by atoms with Crippen LogP contribution in [0.5, 0.6) is 23.0 Å². The van der Waals surface area contributed by atoms with Gasteiger partial charge in [-0.2, -0.15) is 0 Å². The van der Waals surface area contributed by atoms with Gasteiger partial charge in [0.2, 0.25) is 12.5 Å². The van der Waals surface area contributed by atoms with Crippen LogP contribution in [0.4, 0.5) is 0 Å². The zero-order chi connectivity index (χ0) is 14.8. The van der Waals surface area contributed by atoms with Gasteiger partial charge in [-0.25, -0.2) is 0 Å². The maximum absolute atomic E-state index is 12.2. The van der Waals surface area contributed by atoms with Crippen LogP contribution in [-0.4, -0.2) is 22.8 Å². The van der Waals surface area contributed by atoms with E-state index in [1.807, 2.05) is 24.3 Å². The van der Waals surface area contributed by atoms with Crippen molar-refractivity contribution >= 4 is 5.78 Å². The van der Waals surface area contributed by atoms with E-state index in [9.17, 15) is 15.0 Å². The van der Waals surface area contributed by atoms with Crippen LogP contribution < -0.4 is 9.47 Å². The van der Waals surface area contributed by atoms with Crippen LogP contribution in [0.15, 0.2) is 42.5 Å². The van der Waals surface area contributed by atoms with E-state index in [1.165, 1.54) is 12.1 Å². The van der Waals surface area contributed by atoms with E-state index in [-0.39, 0.29) is 35.5 Å². The Bertz CT molecular complexity index is 670. The maximum Gasteiger partial charge on any atom is 0.231 e. The third kappa shape index (κ3) is 2.50. The Kier molecular flexibility index (Phi) is 3.39. The molecule has 0 bridgehead atoms. The summed E-state index contributed by atoms with van der Waals surface area (Å²) in [5, 5.41) is 19.9. The average molecular weight is 286 g/mol. The first-order chi connectivity index (χ1) is 10.2. The molecule has 0 amide bonds. The van der Waals surface area contributed by atoms with Crippen molar-refractivity contribution in [1.29, 1.82) is 0 Å². The fraction of sp³-hybridized carbons (Fsp3) is 0.188. The Balaban J connectivity index is 1.86. The number of aromatic hydroxyl groups is 2. The predicted octanol–water partition coefficient (Wildman–Crippen LogP) is 2.70. The Hall–Kier alpha value is -2.69. The van der Waals surface area contributed by atoms with Crippen LogP contribution >= 0.6 is 0 Å². The first kappa shape index (κ1) is 13.3. The molecule has 2 N–H and O–H groups in total. The van der Waals surface area contributed by atoms with Crippen LogP contribution in [-0.2, 0) is 0 Å². The van der Waals surface area contributed by atoms with Gasteiger partial charge in [-0.05, 0) is 18.4 Å². The minimum Gasteiger partial charge on any atom is -0.507 e. The summed E-state index contributed by atoms with van der Waals surface area (Å²) in [5.41, 5.74) is -0.175. The van der Waals surface area contributed by atoms with E-state index >= 15 is 0 Å². The van der Waals surface area contributed by atoms with Gasteiger partial charge >= 0.3 is 0 Å². The lowest BCUT2D eigenvalue weighted by Crippen LogP contribution is -1.99. The molecule has 1 aliphatic carbocycles. The summed E-state index contributed by atoms with van der Waals surface area (Å²) < 4.78 is 10.2. The fourth-order valence-electron chi connectivity index (χ4n) is 2.29. The molecule has 0 saturated heterocycles. The highest BCUT2D eigenvalue weighted by Crippen LogP contribution is 2.46. The second kappa shape index (κ2) is 5.36. The number of carbonyl (C=O) groups is 1. The van der Waals surface area contributed by atoms with Crippen molar-refractivity contribution in [2.45, 2.75) is 6.42 Å². The lowest BCUT2D eigenvalue weighted by atomic mass is 9.98. The SMILES string of the molecule is O=C(C=CC1C=CC=CC1)c1c(O)cc2c(c1O)OCO2. The lowest BCUT2D eigenvalue weighted by Gasteiger charge is -2.08. The number of ether oxygens (including phenoxy) is 2. The molecule has 0 saturated carbocycles. The highest BCUT2D eigenvalue weighted by molar-refractivity contribution is 6.09. The van der Waals surface area contributed by atoms with Crippen LogP contribution in [0.2, 0.25) is 0 Å². The molecule has 1 aromatic carbocycles. The minimum atomic E-state index is -0.480. The van der Waals surface area contributed by atoms with Gasteiger partial charge in [0.1, 0.15) is 11.3 Å². The second-order valence-corrected chi connectivity index (χ2v) is 4.79. The molecule has 1 unspecified atom stereocenters. The van der Waals surface area contributed by atoms with E-state index in [0.29, 0.717) is 0 Å². The molecule has 108 valence electrons. The van der Waals surface area contributed by atoms with Gasteiger partial charge in [0.15, 0.2) is 17.3 Å². The van der Waals surface area contributed by atoms with E-state index in [0.717, 1.165) is 6.42 Å². The molecule has 1 aliphatic heterocycles. The number of rotatable bonds is 3. The Morgan fingerprint density at radius 2 is 2.14 bits per heavy atom. The van der Waals surface area contributed by atoms with Crippen LogP contribution in [0.1, 0.15) is 16.8 Å². The van der Waals surface area contributed by atoms with Gasteiger partial charge in [0.25, 0.3) is 0 Å². The van der Waals surface area contributed by atoms with Gasteiger partial charge in [0.05, 0.1) is 0 Å². The number of hydrogen-bond acceptors (Lipinski definition) is 5. The molecule has 0 spiro atoms. The smallest absolute Gasteiger partial charge is 0.231 e. The Morgan fingerprint density at radius 3 is 2.90 bits per heavy atom. The number of phenolic OH excluding ortho intramolecular Hbond substituents is 2. The summed E-state index contributed by atoms with van der Waals surface area (Å²) in [7, 11) is 0. The summed E-state index contributed by atoms with van der Waals surface area (Å²) in [6.45, 7) is -0.0466. The number of carbonyl (C=O) groups excluding carboxylic acids is 1. The Morgan fingerprint density at radius 1 is 1.29 bits per heavy atom. The number of phenols is 2. The van der Waals surface area contributed by atoms with Crippen molar-refractivity contribution in [2.24, 2.45) is 5.92 Å². The van der Waals surface area contributed by atoms with Crippen LogP contribution in [0.25, 0.3) is 0 Å². The standard InChI is InChI=1S/C16H14O5/c17-11(7-6-10-4-2-1-3-5-10)14-12(18)8-13-16(15(14)19)21-9-20-13/h1-4,6-8,10,18-19H,5,9H2. The average Bonchev–Trinajstić information content (AvgIpc) is 2.94. The van der Waals surface area contributed by atoms with Crippen molar-refractivity contribution < 1.29 is 24.5 Å². The van der Waals surface area contributed by atoms with E-state index in [2.05, 4.69) is 0 Å². The van der Waals surface area contributed by atoms with Crippen LogP contribution in [0.3, 0.4) is 0 Å². The highest BCUT2D eigenvalue weighted by Gasteiger charge is 2.26. The summed E-state index contributed by atoms with van der Waals surface area (Å²) in [5.74, 6) is -0.749.